The molecule has 1 aliphatic carbocycles. The molecule has 0 amide bonds. The van der Waals surface area contributed by atoms with Crippen molar-refractivity contribution < 1.29 is 5.21 Å². The number of hydrogen-bond donors (Lipinski definition) is 1. The lowest BCUT2D eigenvalue weighted by Gasteiger charge is -2.17. The van der Waals surface area contributed by atoms with E-state index in [2.05, 4.69) is 12.2 Å². The van der Waals surface area contributed by atoms with Gasteiger partial charge in [-0.2, -0.15) is 5.06 Å². The summed E-state index contributed by atoms with van der Waals surface area (Å²) in [4.78, 5) is 0. The molecule has 15 heavy (non-hydrogen) atoms. The molecule has 1 aromatic carbocycles. The van der Waals surface area contributed by atoms with Crippen LogP contribution in [0.2, 0.25) is 0 Å². The maximum absolute atomic E-state index is 9.73. The lowest BCUT2D eigenvalue weighted by atomic mass is 10.1. The zero-order valence-electron chi connectivity index (χ0n) is 8.58. The van der Waals surface area contributed by atoms with Gasteiger partial charge in [0.2, 0.25) is 0 Å². The van der Waals surface area contributed by atoms with E-state index >= 15 is 0 Å². The van der Waals surface area contributed by atoms with E-state index in [1.54, 1.807) is 0 Å². The minimum atomic E-state index is 0.346. The van der Waals surface area contributed by atoms with Crippen molar-refractivity contribution in [2.24, 2.45) is 5.92 Å². The summed E-state index contributed by atoms with van der Waals surface area (Å²) in [5.74, 6) is 0.346. The highest BCUT2D eigenvalue weighted by Gasteiger charge is 2.09. The second-order valence-electron chi connectivity index (χ2n) is 3.77. The van der Waals surface area contributed by atoms with Gasteiger partial charge in [0.25, 0.3) is 0 Å². The molecule has 0 aliphatic heterocycles. The molecular weight excluding hydrogens is 186 g/mol. The van der Waals surface area contributed by atoms with Crippen molar-refractivity contribution in [1.29, 1.82) is 0 Å². The summed E-state index contributed by atoms with van der Waals surface area (Å²) in [6, 6.07) is 9.98. The highest BCUT2D eigenvalue weighted by molar-refractivity contribution is 5.18. The molecule has 2 heteroatoms. The van der Waals surface area contributed by atoms with E-state index in [0.717, 1.165) is 5.56 Å². The third kappa shape index (κ3) is 3.05. The van der Waals surface area contributed by atoms with Crippen molar-refractivity contribution in [3.05, 3.63) is 60.2 Å². The molecule has 0 unspecified atom stereocenters. The fourth-order valence-corrected chi connectivity index (χ4v) is 1.70. The maximum Gasteiger partial charge on any atom is 0.0489 e. The highest BCUT2D eigenvalue weighted by Crippen LogP contribution is 2.11. The van der Waals surface area contributed by atoms with Crippen LogP contribution in [0.25, 0.3) is 0 Å². The fraction of sp³-hybridized carbons (Fsp3) is 0.231. The lowest BCUT2D eigenvalue weighted by molar-refractivity contribution is -0.103. The van der Waals surface area contributed by atoms with Crippen molar-refractivity contribution in [3.63, 3.8) is 0 Å². The van der Waals surface area contributed by atoms with Gasteiger partial charge in [0.15, 0.2) is 0 Å². The summed E-state index contributed by atoms with van der Waals surface area (Å²) >= 11 is 0. The molecule has 0 fully saturated rings. The monoisotopic (exact) mass is 201 g/mol. The molecule has 0 saturated carbocycles. The first-order valence-corrected chi connectivity index (χ1v) is 5.17. The molecular formula is C13H15NO. The van der Waals surface area contributed by atoms with Gasteiger partial charge in [-0.3, -0.25) is 0 Å². The molecule has 1 aromatic rings. The van der Waals surface area contributed by atoms with Crippen molar-refractivity contribution in [2.75, 3.05) is 6.54 Å². The average Bonchev–Trinajstić information content (AvgIpc) is 2.71. The minimum Gasteiger partial charge on any atom is -0.314 e. The van der Waals surface area contributed by atoms with Crippen LogP contribution in [-0.2, 0) is 6.54 Å². The van der Waals surface area contributed by atoms with Crippen molar-refractivity contribution in [2.45, 2.75) is 6.54 Å². The van der Waals surface area contributed by atoms with Crippen LogP contribution in [0.5, 0.6) is 0 Å². The van der Waals surface area contributed by atoms with Crippen LogP contribution < -0.4 is 0 Å². The standard InChI is InChI=1S/C13H15NO/c15-14(11-13-8-4-5-9-13)10-12-6-2-1-3-7-12/h1-9,13,15H,10-11H2. The van der Waals surface area contributed by atoms with E-state index < -0.39 is 0 Å². The topological polar surface area (TPSA) is 23.5 Å². The zero-order chi connectivity index (χ0) is 10.5. The van der Waals surface area contributed by atoms with E-state index in [1.807, 2.05) is 42.5 Å². The summed E-state index contributed by atoms with van der Waals surface area (Å²) in [5.41, 5.74) is 1.13. The summed E-state index contributed by atoms with van der Waals surface area (Å²) in [7, 11) is 0. The summed E-state index contributed by atoms with van der Waals surface area (Å²) in [6.45, 7) is 1.24. The highest BCUT2D eigenvalue weighted by atomic mass is 16.5. The lowest BCUT2D eigenvalue weighted by Crippen LogP contribution is -2.23. The molecule has 0 saturated heterocycles. The Labute approximate surface area is 90.1 Å². The second-order valence-corrected chi connectivity index (χ2v) is 3.77. The normalized spacial score (nSPS) is 15.3. The second kappa shape index (κ2) is 4.91. The SMILES string of the molecule is ON(Cc1ccccc1)CC1C=CC=C1. The molecule has 1 aliphatic rings. The summed E-state index contributed by atoms with van der Waals surface area (Å²) in [6.07, 6.45) is 8.21. The van der Waals surface area contributed by atoms with Gasteiger partial charge in [0.1, 0.15) is 0 Å². The Bertz CT molecular complexity index is 344. The molecule has 0 heterocycles. The number of hydrogen-bond acceptors (Lipinski definition) is 2. The Morgan fingerprint density at radius 2 is 1.73 bits per heavy atom. The summed E-state index contributed by atoms with van der Waals surface area (Å²) < 4.78 is 0. The van der Waals surface area contributed by atoms with Crippen LogP contribution in [0.1, 0.15) is 5.56 Å². The minimum absolute atomic E-state index is 0.346. The largest absolute Gasteiger partial charge is 0.314 e. The summed E-state index contributed by atoms with van der Waals surface area (Å²) in [5, 5.41) is 11.1. The predicted molar refractivity (Wildman–Crippen MR) is 60.4 cm³/mol. The Balaban J connectivity index is 1.84. The van der Waals surface area contributed by atoms with Crippen LogP contribution >= 0.6 is 0 Å². The molecule has 78 valence electrons. The maximum atomic E-state index is 9.73. The van der Waals surface area contributed by atoms with Gasteiger partial charge in [-0.25, -0.2) is 0 Å². The van der Waals surface area contributed by atoms with Gasteiger partial charge in [-0.05, 0) is 5.56 Å². The molecule has 0 aromatic heterocycles. The van der Waals surface area contributed by atoms with Crippen LogP contribution in [0.4, 0.5) is 0 Å². The van der Waals surface area contributed by atoms with Gasteiger partial charge in [-0.15, -0.1) is 0 Å². The Hall–Kier alpha value is -1.38. The van der Waals surface area contributed by atoms with Gasteiger partial charge in [0.05, 0.1) is 0 Å². The first kappa shape index (κ1) is 10.1. The van der Waals surface area contributed by atoms with Crippen molar-refractivity contribution in [3.8, 4) is 0 Å². The van der Waals surface area contributed by atoms with Gasteiger partial charge in [0, 0.05) is 19.0 Å². The van der Waals surface area contributed by atoms with Crippen molar-refractivity contribution in [1.82, 2.24) is 5.06 Å². The van der Waals surface area contributed by atoms with Crippen LogP contribution in [0.15, 0.2) is 54.6 Å². The van der Waals surface area contributed by atoms with E-state index in [9.17, 15) is 5.21 Å². The molecule has 2 nitrogen and oxygen atoms in total. The van der Waals surface area contributed by atoms with Crippen LogP contribution in [0, 0.1) is 5.92 Å². The number of nitrogens with zero attached hydrogens (tertiary/aromatic N) is 1. The number of hydroxylamine groups is 2. The molecule has 1 N–H and O–H groups in total. The van der Waals surface area contributed by atoms with Crippen LogP contribution in [-0.4, -0.2) is 16.8 Å². The Morgan fingerprint density at radius 3 is 2.40 bits per heavy atom. The third-order valence-electron chi connectivity index (χ3n) is 2.46. The zero-order valence-corrected chi connectivity index (χ0v) is 8.58. The van der Waals surface area contributed by atoms with Crippen LogP contribution in [0.3, 0.4) is 0 Å². The molecule has 2 rings (SSSR count). The number of rotatable bonds is 4. The van der Waals surface area contributed by atoms with E-state index in [0.29, 0.717) is 19.0 Å². The van der Waals surface area contributed by atoms with E-state index in [4.69, 9.17) is 0 Å². The van der Waals surface area contributed by atoms with E-state index in [-0.39, 0.29) is 0 Å². The first-order valence-electron chi connectivity index (χ1n) is 5.17. The van der Waals surface area contributed by atoms with E-state index in [1.165, 1.54) is 5.06 Å². The Morgan fingerprint density at radius 1 is 1.07 bits per heavy atom. The average molecular weight is 201 g/mol. The Kier molecular flexibility index (Phi) is 3.33. The number of benzene rings is 1. The molecule has 0 spiro atoms. The quantitative estimate of drug-likeness (QED) is 0.757. The van der Waals surface area contributed by atoms with Crippen molar-refractivity contribution >= 4 is 0 Å². The smallest absolute Gasteiger partial charge is 0.0489 e. The molecule has 0 radical (unpaired) electrons. The predicted octanol–water partition coefficient (Wildman–Crippen LogP) is 2.62. The number of allylic oxidation sites excluding steroid dienone is 2. The molecule has 0 atom stereocenters. The van der Waals surface area contributed by atoms with Gasteiger partial charge in [-0.1, -0.05) is 54.6 Å². The first-order chi connectivity index (χ1) is 7.34. The third-order valence-corrected chi connectivity index (χ3v) is 2.46. The fourth-order valence-electron chi connectivity index (χ4n) is 1.70. The van der Waals surface area contributed by atoms with Gasteiger partial charge >= 0.3 is 0 Å². The molecule has 0 bridgehead atoms. The van der Waals surface area contributed by atoms with Gasteiger partial charge < -0.3 is 5.21 Å².